The number of rotatable bonds is 5. The van der Waals surface area contributed by atoms with Crippen LogP contribution in [0.3, 0.4) is 0 Å². The second-order valence-electron chi connectivity index (χ2n) is 16.3. The summed E-state index contributed by atoms with van der Waals surface area (Å²) in [4.78, 5) is 15.9. The van der Waals surface area contributed by atoms with Crippen LogP contribution in [0.25, 0.3) is 133 Å². The van der Waals surface area contributed by atoms with Crippen molar-refractivity contribution in [2.75, 3.05) is 0 Å². The fraction of sp³-hybridized carbons (Fsp3) is 0. The Morgan fingerprint density at radius 1 is 0.297 bits per heavy atom. The maximum atomic E-state index is 5.32. The van der Waals surface area contributed by atoms with Gasteiger partial charge in [-0.15, -0.1) is 34.0 Å². The molecule has 0 radical (unpaired) electrons. The van der Waals surface area contributed by atoms with E-state index in [4.69, 9.17) is 15.0 Å². The zero-order valence-corrected chi connectivity index (χ0v) is 36.4. The summed E-state index contributed by atoms with van der Waals surface area (Å²) in [5, 5.41) is 9.91. The monoisotopic (exact) mass is 868 g/mol. The third-order valence-electron chi connectivity index (χ3n) is 12.7. The lowest BCUT2D eigenvalue weighted by molar-refractivity contribution is 1.08. The van der Waals surface area contributed by atoms with Crippen molar-refractivity contribution in [3.8, 4) is 51.0 Å². The lowest BCUT2D eigenvalue weighted by atomic mass is 10.00. The maximum absolute atomic E-state index is 5.32. The number of aromatic nitrogens is 4. The highest BCUT2D eigenvalue weighted by Gasteiger charge is 2.20. The highest BCUT2D eigenvalue weighted by atomic mass is 32.1. The molecule has 14 rings (SSSR count). The summed E-state index contributed by atoms with van der Waals surface area (Å²) in [5.74, 6) is 2.00. The SMILES string of the molecule is c1ccc(-n2c3ccccc3c3cc(-c4ccc5c(c4)sc4cccc(-c6nc(-c7ccc8c(c7)sc7ccccc78)nc(-c7ccc8c(c7)sc7ccccc78)n6)c45)ccc32)cc1. The van der Waals surface area contributed by atoms with Crippen molar-refractivity contribution in [3.05, 3.63) is 194 Å². The zero-order chi connectivity index (χ0) is 41.9. The van der Waals surface area contributed by atoms with Crippen molar-refractivity contribution in [3.63, 3.8) is 0 Å². The summed E-state index contributed by atoms with van der Waals surface area (Å²) in [5.41, 5.74) is 8.91. The topological polar surface area (TPSA) is 43.6 Å². The largest absolute Gasteiger partial charge is 0.309 e. The smallest absolute Gasteiger partial charge is 0.164 e. The lowest BCUT2D eigenvalue weighted by Gasteiger charge is -2.10. The molecule has 0 amide bonds. The van der Waals surface area contributed by atoms with E-state index < -0.39 is 0 Å². The molecular weight excluding hydrogens is 837 g/mol. The van der Waals surface area contributed by atoms with E-state index in [9.17, 15) is 0 Å². The molecule has 0 aliphatic rings. The first-order chi connectivity index (χ1) is 31.7. The third kappa shape index (κ3) is 5.55. The van der Waals surface area contributed by atoms with Gasteiger partial charge in [0.05, 0.1) is 11.0 Å². The highest BCUT2D eigenvalue weighted by Crippen LogP contribution is 2.44. The molecular formula is C57H32N4S3. The first kappa shape index (κ1) is 36.0. The molecule has 0 atom stereocenters. The summed E-state index contributed by atoms with van der Waals surface area (Å²) in [6.07, 6.45) is 0. The van der Waals surface area contributed by atoms with Crippen LogP contribution in [0.4, 0.5) is 0 Å². The van der Waals surface area contributed by atoms with Crippen LogP contribution in [-0.2, 0) is 0 Å². The molecule has 5 heterocycles. The normalized spacial score (nSPS) is 12.1. The molecule has 7 heteroatoms. The predicted molar refractivity (Wildman–Crippen MR) is 275 cm³/mol. The van der Waals surface area contributed by atoms with Gasteiger partial charge >= 0.3 is 0 Å². The summed E-state index contributed by atoms with van der Waals surface area (Å²) in [6.45, 7) is 0. The molecule has 0 N–H and O–H groups in total. The number of para-hydroxylation sites is 2. The van der Waals surface area contributed by atoms with Gasteiger partial charge in [0.25, 0.3) is 0 Å². The van der Waals surface area contributed by atoms with E-state index in [0.29, 0.717) is 17.5 Å². The Kier molecular flexibility index (Phi) is 7.86. The number of fused-ring (bicyclic) bond motifs is 12. The Balaban J connectivity index is 0.928. The summed E-state index contributed by atoms with van der Waals surface area (Å²) >= 11 is 5.44. The summed E-state index contributed by atoms with van der Waals surface area (Å²) < 4.78 is 9.79. The van der Waals surface area contributed by atoms with Crippen LogP contribution in [0.15, 0.2) is 194 Å². The van der Waals surface area contributed by atoms with Gasteiger partial charge in [-0.2, -0.15) is 0 Å². The van der Waals surface area contributed by atoms with E-state index in [0.717, 1.165) is 22.4 Å². The molecule has 0 spiro atoms. The lowest BCUT2D eigenvalue weighted by Crippen LogP contribution is -2.00. The zero-order valence-electron chi connectivity index (χ0n) is 34.0. The van der Waals surface area contributed by atoms with Crippen LogP contribution in [0.1, 0.15) is 0 Å². The molecule has 0 saturated carbocycles. The minimum atomic E-state index is 0.665. The molecule has 64 heavy (non-hydrogen) atoms. The van der Waals surface area contributed by atoms with E-state index >= 15 is 0 Å². The van der Waals surface area contributed by atoms with Gasteiger partial charge in [0, 0.05) is 93.7 Å². The van der Waals surface area contributed by atoms with Gasteiger partial charge in [-0.1, -0.05) is 127 Å². The Labute approximate surface area is 378 Å². The van der Waals surface area contributed by atoms with Gasteiger partial charge in [-0.25, -0.2) is 15.0 Å². The molecule has 0 fully saturated rings. The van der Waals surface area contributed by atoms with E-state index in [-0.39, 0.29) is 0 Å². The van der Waals surface area contributed by atoms with Gasteiger partial charge < -0.3 is 4.57 Å². The Hall–Kier alpha value is -7.55. The molecule has 0 aliphatic heterocycles. The third-order valence-corrected chi connectivity index (χ3v) is 16.1. The summed E-state index contributed by atoms with van der Waals surface area (Å²) in [7, 11) is 0. The van der Waals surface area contributed by atoms with Gasteiger partial charge in [-0.3, -0.25) is 0 Å². The van der Waals surface area contributed by atoms with Gasteiger partial charge in [-0.05, 0) is 77.9 Å². The maximum Gasteiger partial charge on any atom is 0.164 e. The van der Waals surface area contributed by atoms with Crippen molar-refractivity contribution in [1.82, 2.24) is 19.5 Å². The highest BCUT2D eigenvalue weighted by molar-refractivity contribution is 7.26. The molecule has 0 saturated heterocycles. The van der Waals surface area contributed by atoms with Crippen molar-refractivity contribution >= 4 is 116 Å². The molecule has 4 nitrogen and oxygen atoms in total. The van der Waals surface area contributed by atoms with E-state index in [1.165, 1.54) is 93.4 Å². The predicted octanol–water partition coefficient (Wildman–Crippen LogP) is 16.7. The average Bonchev–Trinajstić information content (AvgIpc) is 4.12. The minimum absolute atomic E-state index is 0.665. The van der Waals surface area contributed by atoms with E-state index in [2.05, 4.69) is 199 Å². The minimum Gasteiger partial charge on any atom is -0.309 e. The first-order valence-corrected chi connectivity index (χ1v) is 23.8. The second-order valence-corrected chi connectivity index (χ2v) is 19.6. The van der Waals surface area contributed by atoms with Crippen molar-refractivity contribution in [2.24, 2.45) is 0 Å². The van der Waals surface area contributed by atoms with Crippen LogP contribution in [0, 0.1) is 0 Å². The van der Waals surface area contributed by atoms with Crippen molar-refractivity contribution in [1.29, 1.82) is 0 Å². The standard InChI is InChI=1S/C57H32N4S3/c1-2-11-37(12-3-1)61-46-17-7-4-13-38(46)45-29-33(24-28-47(45)61)34-21-27-43-53(30-34)64-50-20-10-16-44(54(43)50)57-59-55(35-22-25-41-39-14-5-8-18-48(39)62-51(41)31-35)58-56(60-57)36-23-26-42-40-15-6-9-19-49(40)63-52(42)32-36/h1-32H. The fourth-order valence-electron chi connectivity index (χ4n) is 9.68. The van der Waals surface area contributed by atoms with Gasteiger partial charge in [0.2, 0.25) is 0 Å². The number of thiophene rings is 3. The quantitative estimate of drug-likeness (QED) is 0.173. The average molecular weight is 869 g/mol. The van der Waals surface area contributed by atoms with E-state index in [1.54, 1.807) is 0 Å². The fourth-order valence-corrected chi connectivity index (χ4v) is 13.1. The molecule has 5 aromatic heterocycles. The number of hydrogen-bond donors (Lipinski definition) is 0. The number of hydrogen-bond acceptors (Lipinski definition) is 6. The van der Waals surface area contributed by atoms with Crippen LogP contribution in [-0.4, -0.2) is 19.5 Å². The van der Waals surface area contributed by atoms with Gasteiger partial charge in [0.15, 0.2) is 17.5 Å². The number of benzene rings is 9. The Morgan fingerprint density at radius 3 is 1.50 bits per heavy atom. The Morgan fingerprint density at radius 2 is 0.781 bits per heavy atom. The van der Waals surface area contributed by atoms with Crippen molar-refractivity contribution in [2.45, 2.75) is 0 Å². The van der Waals surface area contributed by atoms with Crippen LogP contribution >= 0.6 is 34.0 Å². The van der Waals surface area contributed by atoms with Crippen LogP contribution in [0.2, 0.25) is 0 Å². The molecule has 0 aliphatic carbocycles. The van der Waals surface area contributed by atoms with Gasteiger partial charge in [0.1, 0.15) is 0 Å². The summed E-state index contributed by atoms with van der Waals surface area (Å²) in [6, 6.07) is 70.2. The Bertz CT molecular complexity index is 4080. The second kappa shape index (κ2) is 14.0. The van der Waals surface area contributed by atoms with Crippen LogP contribution < -0.4 is 0 Å². The van der Waals surface area contributed by atoms with E-state index in [1.807, 2.05) is 34.0 Å². The molecule has 0 unspecified atom stereocenters. The molecule has 14 aromatic rings. The molecule has 0 bridgehead atoms. The first-order valence-electron chi connectivity index (χ1n) is 21.3. The molecule has 9 aromatic carbocycles. The molecule has 298 valence electrons. The van der Waals surface area contributed by atoms with Crippen molar-refractivity contribution < 1.29 is 0 Å². The number of nitrogens with zero attached hydrogens (tertiary/aromatic N) is 4. The van der Waals surface area contributed by atoms with Crippen LogP contribution in [0.5, 0.6) is 0 Å².